The Hall–Kier alpha value is -0.480. The number of rotatable bonds is 1. The standard InChI is InChI=1S/C13H24N2O2.ClH/c1-13(2,3)17-12(16)15-7-9-4-5-10(8-15)11(9)6-14;/h9-11H,4-8,14H2,1-3H3;1H. The van der Waals surface area contributed by atoms with Crippen LogP contribution in [0.15, 0.2) is 0 Å². The summed E-state index contributed by atoms with van der Waals surface area (Å²) in [6, 6.07) is 0. The normalized spacial score (nSPS) is 30.9. The van der Waals surface area contributed by atoms with E-state index < -0.39 is 5.60 Å². The zero-order chi connectivity index (χ0) is 12.6. The number of carbonyl (C=O) groups is 1. The van der Waals surface area contributed by atoms with Crippen molar-refractivity contribution in [2.45, 2.75) is 39.2 Å². The summed E-state index contributed by atoms with van der Waals surface area (Å²) in [6.07, 6.45) is 2.27. The molecule has 18 heavy (non-hydrogen) atoms. The number of ether oxygens (including phenoxy) is 1. The van der Waals surface area contributed by atoms with Crippen molar-refractivity contribution in [2.75, 3.05) is 19.6 Å². The minimum absolute atomic E-state index is 0. The van der Waals surface area contributed by atoms with Crippen LogP contribution >= 0.6 is 12.4 Å². The summed E-state index contributed by atoms with van der Waals surface area (Å²) in [5.74, 6) is 1.80. The predicted molar refractivity (Wildman–Crippen MR) is 73.8 cm³/mol. The van der Waals surface area contributed by atoms with E-state index in [0.29, 0.717) is 17.8 Å². The van der Waals surface area contributed by atoms with Crippen LogP contribution in [-0.4, -0.2) is 36.2 Å². The van der Waals surface area contributed by atoms with Gasteiger partial charge in [0.25, 0.3) is 0 Å². The number of carbonyl (C=O) groups excluding carboxylic acids is 1. The molecule has 4 nitrogen and oxygen atoms in total. The average molecular weight is 277 g/mol. The largest absolute Gasteiger partial charge is 0.444 e. The first-order valence-corrected chi connectivity index (χ1v) is 6.58. The second-order valence-corrected chi connectivity index (χ2v) is 6.38. The Morgan fingerprint density at radius 2 is 1.78 bits per heavy atom. The molecule has 1 amide bonds. The van der Waals surface area contributed by atoms with Gasteiger partial charge in [0.1, 0.15) is 5.60 Å². The number of fused-ring (bicyclic) bond motifs is 2. The predicted octanol–water partition coefficient (Wildman–Crippen LogP) is 2.26. The van der Waals surface area contributed by atoms with Crippen LogP contribution < -0.4 is 5.73 Å². The molecule has 2 fully saturated rings. The Balaban J connectivity index is 0.00000162. The van der Waals surface area contributed by atoms with E-state index in [1.807, 2.05) is 25.7 Å². The van der Waals surface area contributed by atoms with Crippen molar-refractivity contribution in [1.82, 2.24) is 4.90 Å². The van der Waals surface area contributed by atoms with Gasteiger partial charge in [0.15, 0.2) is 0 Å². The van der Waals surface area contributed by atoms with Crippen LogP contribution in [0, 0.1) is 17.8 Å². The molecule has 1 heterocycles. The summed E-state index contributed by atoms with van der Waals surface area (Å²) < 4.78 is 5.43. The average Bonchev–Trinajstić information content (AvgIpc) is 2.44. The number of amides is 1. The molecule has 1 aliphatic heterocycles. The monoisotopic (exact) mass is 276 g/mol. The summed E-state index contributed by atoms with van der Waals surface area (Å²) in [5.41, 5.74) is 5.41. The van der Waals surface area contributed by atoms with E-state index in [-0.39, 0.29) is 18.5 Å². The van der Waals surface area contributed by atoms with Gasteiger partial charge in [-0.15, -0.1) is 12.4 Å². The zero-order valence-electron chi connectivity index (χ0n) is 11.5. The molecule has 0 radical (unpaired) electrons. The van der Waals surface area contributed by atoms with Crippen molar-refractivity contribution in [3.05, 3.63) is 0 Å². The van der Waals surface area contributed by atoms with Crippen LogP contribution in [-0.2, 0) is 4.74 Å². The maximum absolute atomic E-state index is 12.0. The molecule has 0 aromatic rings. The Bertz CT molecular complexity index is 290. The summed E-state index contributed by atoms with van der Waals surface area (Å²) in [5, 5.41) is 0. The molecule has 2 rings (SSSR count). The third-order valence-electron chi connectivity index (χ3n) is 3.95. The highest BCUT2D eigenvalue weighted by Gasteiger charge is 2.43. The molecule has 0 aromatic carbocycles. The van der Waals surface area contributed by atoms with E-state index in [1.165, 1.54) is 12.8 Å². The van der Waals surface area contributed by atoms with Crippen LogP contribution in [0.2, 0.25) is 0 Å². The zero-order valence-corrected chi connectivity index (χ0v) is 12.3. The van der Waals surface area contributed by atoms with Gasteiger partial charge in [-0.2, -0.15) is 0 Å². The first-order chi connectivity index (χ1) is 7.90. The molecule has 106 valence electrons. The Morgan fingerprint density at radius 1 is 1.28 bits per heavy atom. The van der Waals surface area contributed by atoms with Crippen molar-refractivity contribution in [3.63, 3.8) is 0 Å². The van der Waals surface area contributed by atoms with Gasteiger partial charge in [0.2, 0.25) is 0 Å². The second kappa shape index (κ2) is 5.66. The number of piperidine rings is 1. The summed E-state index contributed by atoms with van der Waals surface area (Å²) in [6.45, 7) is 8.14. The smallest absolute Gasteiger partial charge is 0.410 e. The molecular formula is C13H25ClN2O2. The molecule has 0 aromatic heterocycles. The van der Waals surface area contributed by atoms with E-state index >= 15 is 0 Å². The van der Waals surface area contributed by atoms with Crippen LogP contribution in [0.25, 0.3) is 0 Å². The highest BCUT2D eigenvalue weighted by Crippen LogP contribution is 2.41. The van der Waals surface area contributed by atoms with E-state index in [4.69, 9.17) is 10.5 Å². The second-order valence-electron chi connectivity index (χ2n) is 6.38. The summed E-state index contributed by atoms with van der Waals surface area (Å²) in [7, 11) is 0. The highest BCUT2D eigenvalue weighted by molar-refractivity contribution is 5.85. The van der Waals surface area contributed by atoms with Gasteiger partial charge < -0.3 is 15.4 Å². The van der Waals surface area contributed by atoms with Crippen LogP contribution in [0.3, 0.4) is 0 Å². The molecule has 2 N–H and O–H groups in total. The van der Waals surface area contributed by atoms with E-state index in [9.17, 15) is 4.79 Å². The first-order valence-electron chi connectivity index (χ1n) is 6.58. The van der Waals surface area contributed by atoms with Gasteiger partial charge in [0, 0.05) is 13.1 Å². The van der Waals surface area contributed by atoms with Gasteiger partial charge in [-0.25, -0.2) is 4.79 Å². The van der Waals surface area contributed by atoms with Gasteiger partial charge >= 0.3 is 6.09 Å². The minimum Gasteiger partial charge on any atom is -0.444 e. The molecule has 1 saturated heterocycles. The molecule has 5 heteroatoms. The van der Waals surface area contributed by atoms with Gasteiger partial charge in [-0.05, 0) is 57.9 Å². The van der Waals surface area contributed by atoms with E-state index in [1.54, 1.807) is 0 Å². The van der Waals surface area contributed by atoms with Crippen molar-refractivity contribution >= 4 is 18.5 Å². The van der Waals surface area contributed by atoms with Crippen molar-refractivity contribution in [2.24, 2.45) is 23.5 Å². The van der Waals surface area contributed by atoms with Crippen LogP contribution in [0.1, 0.15) is 33.6 Å². The van der Waals surface area contributed by atoms with E-state index in [2.05, 4.69) is 0 Å². The SMILES string of the molecule is CC(C)(C)OC(=O)N1CC2CCC(C1)C2CN.Cl. The summed E-state index contributed by atoms with van der Waals surface area (Å²) >= 11 is 0. The van der Waals surface area contributed by atoms with E-state index in [0.717, 1.165) is 19.6 Å². The molecule has 1 saturated carbocycles. The first kappa shape index (κ1) is 15.6. The van der Waals surface area contributed by atoms with Gasteiger partial charge in [0.05, 0.1) is 0 Å². The third kappa shape index (κ3) is 3.29. The molecule has 0 spiro atoms. The number of hydrogen-bond donors (Lipinski definition) is 1. The minimum atomic E-state index is -0.402. The highest BCUT2D eigenvalue weighted by atomic mass is 35.5. The molecular weight excluding hydrogens is 252 g/mol. The lowest BCUT2D eigenvalue weighted by atomic mass is 9.85. The lowest BCUT2D eigenvalue weighted by Gasteiger charge is -2.38. The lowest BCUT2D eigenvalue weighted by molar-refractivity contribution is 0.00865. The number of halogens is 1. The third-order valence-corrected chi connectivity index (χ3v) is 3.95. The number of nitrogens with two attached hydrogens (primary N) is 1. The molecule has 2 atom stereocenters. The number of likely N-dealkylation sites (tertiary alicyclic amines) is 1. The number of nitrogens with zero attached hydrogens (tertiary/aromatic N) is 1. The Labute approximate surface area is 116 Å². The topological polar surface area (TPSA) is 55.6 Å². The molecule has 2 unspecified atom stereocenters. The quantitative estimate of drug-likeness (QED) is 0.799. The Kier molecular flexibility index (Phi) is 4.90. The fourth-order valence-electron chi connectivity index (χ4n) is 3.20. The summed E-state index contributed by atoms with van der Waals surface area (Å²) in [4.78, 5) is 13.9. The lowest BCUT2D eigenvalue weighted by Crippen LogP contribution is -2.48. The Morgan fingerprint density at radius 3 is 2.17 bits per heavy atom. The fraction of sp³-hybridized carbons (Fsp3) is 0.923. The van der Waals surface area contributed by atoms with Crippen molar-refractivity contribution in [1.29, 1.82) is 0 Å². The maximum Gasteiger partial charge on any atom is 0.410 e. The maximum atomic E-state index is 12.0. The number of hydrogen-bond acceptors (Lipinski definition) is 3. The molecule has 2 bridgehead atoms. The van der Waals surface area contributed by atoms with Gasteiger partial charge in [-0.1, -0.05) is 0 Å². The molecule has 2 aliphatic rings. The van der Waals surface area contributed by atoms with Crippen LogP contribution in [0.5, 0.6) is 0 Å². The van der Waals surface area contributed by atoms with Crippen molar-refractivity contribution in [3.8, 4) is 0 Å². The fourth-order valence-corrected chi connectivity index (χ4v) is 3.20. The van der Waals surface area contributed by atoms with Crippen molar-refractivity contribution < 1.29 is 9.53 Å². The molecule has 1 aliphatic carbocycles. The van der Waals surface area contributed by atoms with Crippen LogP contribution in [0.4, 0.5) is 4.79 Å². The van der Waals surface area contributed by atoms with Gasteiger partial charge in [-0.3, -0.25) is 0 Å².